The number of hydrogen-bond acceptors (Lipinski definition) is 3. The van der Waals surface area contributed by atoms with E-state index in [0.717, 1.165) is 12.4 Å². The fraction of sp³-hybridized carbons (Fsp3) is 0.308. The van der Waals surface area contributed by atoms with Crippen LogP contribution >= 0.6 is 0 Å². The molecule has 3 N–H and O–H groups in total. The summed E-state index contributed by atoms with van der Waals surface area (Å²) >= 11 is 0. The van der Waals surface area contributed by atoms with Crippen LogP contribution in [0.15, 0.2) is 30.6 Å². The minimum Gasteiger partial charge on any atom is -0.335 e. The van der Waals surface area contributed by atoms with Crippen LogP contribution in [0.4, 0.5) is 8.78 Å². The first kappa shape index (κ1) is 13.6. The number of rotatable bonds is 5. The highest BCUT2D eigenvalue weighted by Gasteiger charge is 2.21. The number of benzene rings is 1. The minimum atomic E-state index is -0.658. The number of aromatic nitrogens is 2. The van der Waals surface area contributed by atoms with Crippen molar-refractivity contribution in [2.45, 2.75) is 25.9 Å². The molecule has 0 aliphatic heterocycles. The second-order valence-electron chi connectivity index (χ2n) is 4.19. The van der Waals surface area contributed by atoms with E-state index in [1.165, 1.54) is 18.2 Å². The number of imidazole rings is 1. The number of nitrogens with two attached hydrogens (primary N) is 1. The Labute approximate surface area is 110 Å². The van der Waals surface area contributed by atoms with E-state index in [9.17, 15) is 8.78 Å². The average molecular weight is 266 g/mol. The molecule has 19 heavy (non-hydrogen) atoms. The van der Waals surface area contributed by atoms with Gasteiger partial charge in [0.25, 0.3) is 0 Å². The van der Waals surface area contributed by atoms with Crippen molar-refractivity contribution in [1.82, 2.24) is 15.0 Å². The Kier molecular flexibility index (Phi) is 4.24. The van der Waals surface area contributed by atoms with Crippen molar-refractivity contribution in [3.63, 3.8) is 0 Å². The molecule has 1 aromatic carbocycles. The van der Waals surface area contributed by atoms with Crippen LogP contribution in [0, 0.1) is 11.6 Å². The number of aryl methyl sites for hydroxylation is 1. The van der Waals surface area contributed by atoms with Crippen molar-refractivity contribution in [2.75, 3.05) is 0 Å². The highest BCUT2D eigenvalue weighted by atomic mass is 19.1. The molecule has 0 amide bonds. The minimum absolute atomic E-state index is 0.0596. The van der Waals surface area contributed by atoms with Gasteiger partial charge in [0, 0.05) is 30.9 Å². The van der Waals surface area contributed by atoms with E-state index in [-0.39, 0.29) is 5.56 Å². The molecule has 4 nitrogen and oxygen atoms in total. The van der Waals surface area contributed by atoms with Gasteiger partial charge in [0.15, 0.2) is 0 Å². The lowest BCUT2D eigenvalue weighted by molar-refractivity contribution is 0.461. The van der Waals surface area contributed by atoms with Crippen LogP contribution in [0.2, 0.25) is 0 Å². The molecule has 2 rings (SSSR count). The molecule has 0 aliphatic rings. The lowest BCUT2D eigenvalue weighted by atomic mass is 10.0. The fourth-order valence-corrected chi connectivity index (χ4v) is 2.09. The Balaban J connectivity index is 2.30. The molecule has 0 radical (unpaired) electrons. The van der Waals surface area contributed by atoms with Gasteiger partial charge in [-0.3, -0.25) is 11.3 Å². The molecule has 0 bridgehead atoms. The molecule has 1 heterocycles. The molecule has 1 unspecified atom stereocenters. The highest BCUT2D eigenvalue weighted by Crippen LogP contribution is 2.23. The summed E-state index contributed by atoms with van der Waals surface area (Å²) in [6.45, 7) is 2.71. The monoisotopic (exact) mass is 266 g/mol. The maximum absolute atomic E-state index is 13.7. The third kappa shape index (κ3) is 2.80. The van der Waals surface area contributed by atoms with Crippen molar-refractivity contribution in [1.29, 1.82) is 0 Å². The Morgan fingerprint density at radius 1 is 1.37 bits per heavy atom. The van der Waals surface area contributed by atoms with E-state index >= 15 is 0 Å². The molecular weight excluding hydrogens is 250 g/mol. The summed E-state index contributed by atoms with van der Waals surface area (Å²) in [6, 6.07) is 3.10. The predicted molar refractivity (Wildman–Crippen MR) is 68.0 cm³/mol. The third-order valence-electron chi connectivity index (χ3n) is 3.08. The van der Waals surface area contributed by atoms with Gasteiger partial charge in [0.2, 0.25) is 0 Å². The number of nitrogens with one attached hydrogen (secondary N) is 1. The fourth-order valence-electron chi connectivity index (χ4n) is 2.09. The molecule has 0 aliphatic carbocycles. The van der Waals surface area contributed by atoms with Gasteiger partial charge in [-0.1, -0.05) is 6.07 Å². The zero-order valence-corrected chi connectivity index (χ0v) is 10.6. The standard InChI is InChI=1S/C13H16F2N4/c1-2-19-7-6-17-12(19)8-11(18-16)13-9(14)4-3-5-10(13)15/h3-7,11,18H,2,8,16H2,1H3. The van der Waals surface area contributed by atoms with E-state index in [2.05, 4.69) is 10.4 Å². The molecular formula is C13H16F2N4. The molecule has 1 atom stereocenters. The summed E-state index contributed by atoms with van der Waals surface area (Å²) in [5.41, 5.74) is 2.40. The molecule has 1 aromatic heterocycles. The number of hydrazine groups is 1. The van der Waals surface area contributed by atoms with Crippen LogP contribution in [0.3, 0.4) is 0 Å². The van der Waals surface area contributed by atoms with Gasteiger partial charge in [-0.25, -0.2) is 13.8 Å². The molecule has 0 saturated heterocycles. The Morgan fingerprint density at radius 2 is 2.05 bits per heavy atom. The molecule has 0 spiro atoms. The number of nitrogens with zero attached hydrogens (tertiary/aromatic N) is 2. The second-order valence-corrected chi connectivity index (χ2v) is 4.19. The quantitative estimate of drug-likeness (QED) is 0.642. The molecule has 6 heteroatoms. The largest absolute Gasteiger partial charge is 0.335 e. The molecule has 2 aromatic rings. The summed E-state index contributed by atoms with van der Waals surface area (Å²) in [5.74, 6) is 4.93. The van der Waals surface area contributed by atoms with Crippen LogP contribution in [0.1, 0.15) is 24.4 Å². The van der Waals surface area contributed by atoms with Crippen molar-refractivity contribution in [3.8, 4) is 0 Å². The van der Waals surface area contributed by atoms with Gasteiger partial charge >= 0.3 is 0 Å². The zero-order valence-electron chi connectivity index (χ0n) is 10.6. The molecule has 0 saturated carbocycles. The normalized spacial score (nSPS) is 12.6. The zero-order chi connectivity index (χ0) is 13.8. The van der Waals surface area contributed by atoms with E-state index in [4.69, 9.17) is 5.84 Å². The smallest absolute Gasteiger partial charge is 0.130 e. The van der Waals surface area contributed by atoms with Crippen molar-refractivity contribution in [3.05, 3.63) is 53.6 Å². The second kappa shape index (κ2) is 5.90. The number of hydrogen-bond donors (Lipinski definition) is 2. The Morgan fingerprint density at radius 3 is 2.63 bits per heavy atom. The summed E-state index contributed by atoms with van der Waals surface area (Å²) in [7, 11) is 0. The van der Waals surface area contributed by atoms with Crippen LogP contribution in [0.5, 0.6) is 0 Å². The van der Waals surface area contributed by atoms with Crippen molar-refractivity contribution >= 4 is 0 Å². The molecule has 102 valence electrons. The lowest BCUT2D eigenvalue weighted by Gasteiger charge is -2.18. The van der Waals surface area contributed by atoms with Crippen LogP contribution in [-0.4, -0.2) is 9.55 Å². The van der Waals surface area contributed by atoms with E-state index < -0.39 is 17.7 Å². The first-order valence-corrected chi connectivity index (χ1v) is 6.07. The van der Waals surface area contributed by atoms with Crippen molar-refractivity contribution in [2.24, 2.45) is 5.84 Å². The molecule has 0 fully saturated rings. The van der Waals surface area contributed by atoms with E-state index in [1.807, 2.05) is 17.7 Å². The maximum Gasteiger partial charge on any atom is 0.130 e. The topological polar surface area (TPSA) is 55.9 Å². The third-order valence-corrected chi connectivity index (χ3v) is 3.08. The van der Waals surface area contributed by atoms with Gasteiger partial charge in [-0.05, 0) is 19.1 Å². The SMILES string of the molecule is CCn1ccnc1CC(NN)c1c(F)cccc1F. The number of halogens is 2. The summed E-state index contributed by atoms with van der Waals surface area (Å²) < 4.78 is 29.4. The van der Waals surface area contributed by atoms with Gasteiger partial charge in [-0.2, -0.15) is 0 Å². The van der Waals surface area contributed by atoms with E-state index in [0.29, 0.717) is 6.42 Å². The van der Waals surface area contributed by atoms with Crippen LogP contribution < -0.4 is 11.3 Å². The first-order chi connectivity index (χ1) is 9.17. The average Bonchev–Trinajstić information content (AvgIpc) is 2.84. The highest BCUT2D eigenvalue weighted by molar-refractivity contribution is 5.24. The van der Waals surface area contributed by atoms with E-state index in [1.54, 1.807) is 6.20 Å². The summed E-state index contributed by atoms with van der Waals surface area (Å²) in [6.07, 6.45) is 3.79. The van der Waals surface area contributed by atoms with Gasteiger partial charge in [0.1, 0.15) is 17.5 Å². The lowest BCUT2D eigenvalue weighted by Crippen LogP contribution is -2.31. The van der Waals surface area contributed by atoms with Gasteiger partial charge in [-0.15, -0.1) is 0 Å². The predicted octanol–water partition coefficient (Wildman–Crippen LogP) is 1.93. The summed E-state index contributed by atoms with van der Waals surface area (Å²) in [4.78, 5) is 4.18. The Hall–Kier alpha value is -1.79. The van der Waals surface area contributed by atoms with Gasteiger partial charge < -0.3 is 4.57 Å². The van der Waals surface area contributed by atoms with Gasteiger partial charge in [0.05, 0.1) is 6.04 Å². The van der Waals surface area contributed by atoms with Crippen LogP contribution in [-0.2, 0) is 13.0 Å². The van der Waals surface area contributed by atoms with Crippen LogP contribution in [0.25, 0.3) is 0 Å². The maximum atomic E-state index is 13.7. The summed E-state index contributed by atoms with van der Waals surface area (Å²) in [5, 5.41) is 0. The first-order valence-electron chi connectivity index (χ1n) is 6.07. The Bertz CT molecular complexity index is 533. The van der Waals surface area contributed by atoms with Crippen molar-refractivity contribution < 1.29 is 8.78 Å².